The van der Waals surface area contributed by atoms with Gasteiger partial charge >= 0.3 is 0 Å². The van der Waals surface area contributed by atoms with Crippen molar-refractivity contribution < 1.29 is 9.59 Å². The molecule has 0 spiro atoms. The lowest BCUT2D eigenvalue weighted by molar-refractivity contribution is -0.145. The van der Waals surface area contributed by atoms with Crippen LogP contribution in [0.3, 0.4) is 0 Å². The first-order valence-corrected chi connectivity index (χ1v) is 13.0. The lowest BCUT2D eigenvalue weighted by Gasteiger charge is -2.43. The maximum absolute atomic E-state index is 13.6. The van der Waals surface area contributed by atoms with Gasteiger partial charge in [-0.3, -0.25) is 14.5 Å². The van der Waals surface area contributed by atoms with Crippen LogP contribution in [0, 0.1) is 11.8 Å². The van der Waals surface area contributed by atoms with E-state index < -0.39 is 5.66 Å². The molecule has 33 heavy (non-hydrogen) atoms. The fourth-order valence-electron chi connectivity index (χ4n) is 5.14. The van der Waals surface area contributed by atoms with E-state index in [-0.39, 0.29) is 11.8 Å². The van der Waals surface area contributed by atoms with Gasteiger partial charge in [0, 0.05) is 22.8 Å². The van der Waals surface area contributed by atoms with Crippen molar-refractivity contribution in [1.29, 1.82) is 0 Å². The fraction of sp³-hybridized carbons (Fsp3) is 0.600. The zero-order valence-corrected chi connectivity index (χ0v) is 21.6. The fourth-order valence-corrected chi connectivity index (χ4v) is 6.37. The largest absolute Gasteiger partial charge is 0.339 e. The molecule has 6 nitrogen and oxygen atoms in total. The number of thiophene rings is 1. The van der Waals surface area contributed by atoms with Crippen molar-refractivity contribution in [3.8, 4) is 0 Å². The van der Waals surface area contributed by atoms with Crippen LogP contribution in [0.5, 0.6) is 0 Å². The Morgan fingerprint density at radius 3 is 2.27 bits per heavy atom. The molecule has 4 rings (SSSR count). The first-order valence-electron chi connectivity index (χ1n) is 11.8. The van der Waals surface area contributed by atoms with E-state index in [0.29, 0.717) is 15.8 Å². The normalized spacial score (nSPS) is 20.8. The summed E-state index contributed by atoms with van der Waals surface area (Å²) in [6.45, 7) is 5.69. The average Bonchev–Trinajstić information content (AvgIpc) is 3.22. The topological polar surface area (TPSA) is 55.9 Å². The van der Waals surface area contributed by atoms with Gasteiger partial charge in [-0.1, -0.05) is 17.7 Å². The number of carbonyl (C=O) groups excluding carboxylic acids is 2. The third-order valence-corrected chi connectivity index (χ3v) is 8.96. The Labute approximate surface area is 205 Å². The van der Waals surface area contributed by atoms with Gasteiger partial charge in [0.05, 0.1) is 4.88 Å². The Morgan fingerprint density at radius 2 is 1.67 bits per heavy atom. The van der Waals surface area contributed by atoms with Gasteiger partial charge in [-0.05, 0) is 102 Å². The van der Waals surface area contributed by atoms with Crippen molar-refractivity contribution in [2.75, 3.05) is 47.3 Å². The number of nitrogens with one attached hydrogen (secondary N) is 1. The molecule has 2 fully saturated rings. The number of likely N-dealkylation sites (tertiary alicyclic amines) is 2. The lowest BCUT2D eigenvalue weighted by Crippen LogP contribution is -2.65. The zero-order valence-electron chi connectivity index (χ0n) is 20.1. The van der Waals surface area contributed by atoms with Crippen LogP contribution in [-0.2, 0) is 4.79 Å². The number of benzene rings is 1. The maximum Gasteiger partial charge on any atom is 0.263 e. The molecule has 1 atom stereocenters. The maximum atomic E-state index is 13.6. The highest BCUT2D eigenvalue weighted by Gasteiger charge is 2.42. The van der Waals surface area contributed by atoms with E-state index in [9.17, 15) is 9.59 Å². The van der Waals surface area contributed by atoms with E-state index in [4.69, 9.17) is 11.6 Å². The number of fused-ring (bicyclic) bond motifs is 1. The number of halogens is 1. The number of rotatable bonds is 5. The van der Waals surface area contributed by atoms with E-state index >= 15 is 0 Å². The van der Waals surface area contributed by atoms with Crippen LogP contribution in [0.4, 0.5) is 0 Å². The molecule has 0 unspecified atom stereocenters. The molecular formula is C25H35ClN4O2S. The van der Waals surface area contributed by atoms with E-state index in [0.717, 1.165) is 41.9 Å². The molecule has 2 saturated heterocycles. The van der Waals surface area contributed by atoms with Crippen LogP contribution in [0.2, 0.25) is 5.02 Å². The van der Waals surface area contributed by atoms with Gasteiger partial charge in [0.15, 0.2) is 5.66 Å². The lowest BCUT2D eigenvalue weighted by atomic mass is 9.78. The van der Waals surface area contributed by atoms with Gasteiger partial charge in [0.2, 0.25) is 0 Å². The predicted octanol–water partition coefficient (Wildman–Crippen LogP) is 4.14. The van der Waals surface area contributed by atoms with Crippen LogP contribution in [0.1, 0.15) is 42.3 Å². The molecule has 1 N–H and O–H groups in total. The second kappa shape index (κ2) is 9.90. The Morgan fingerprint density at radius 1 is 1.06 bits per heavy atom. The molecule has 2 aromatic rings. The predicted molar refractivity (Wildman–Crippen MR) is 136 cm³/mol. The molecule has 2 amide bonds. The van der Waals surface area contributed by atoms with E-state index in [1.807, 2.05) is 43.3 Å². The second-order valence-corrected chi connectivity index (χ2v) is 11.5. The summed E-state index contributed by atoms with van der Waals surface area (Å²) < 4.78 is 0.960. The summed E-state index contributed by atoms with van der Waals surface area (Å²) in [5.41, 5.74) is -1.11. The molecule has 1 aromatic carbocycles. The van der Waals surface area contributed by atoms with Crippen molar-refractivity contribution in [2.24, 2.45) is 11.8 Å². The van der Waals surface area contributed by atoms with Gasteiger partial charge < -0.3 is 15.1 Å². The number of hydrogen-bond acceptors (Lipinski definition) is 5. The van der Waals surface area contributed by atoms with Crippen LogP contribution in [0.15, 0.2) is 24.3 Å². The Kier molecular flexibility index (Phi) is 7.34. The average molecular weight is 491 g/mol. The molecule has 0 aliphatic carbocycles. The number of amides is 2. The summed E-state index contributed by atoms with van der Waals surface area (Å²) in [6, 6.07) is 7.46. The van der Waals surface area contributed by atoms with E-state index in [1.54, 1.807) is 11.8 Å². The molecular weight excluding hydrogens is 456 g/mol. The number of hydrogen-bond donors (Lipinski definition) is 1. The number of nitrogens with zero attached hydrogens (tertiary/aromatic N) is 3. The molecule has 2 aliphatic heterocycles. The molecule has 8 heteroatoms. The molecule has 2 aliphatic rings. The van der Waals surface area contributed by atoms with Crippen molar-refractivity contribution >= 4 is 44.8 Å². The highest BCUT2D eigenvalue weighted by atomic mass is 35.5. The van der Waals surface area contributed by atoms with Crippen molar-refractivity contribution in [2.45, 2.75) is 38.3 Å². The molecule has 3 heterocycles. The SMILES string of the molecule is CN1CCC(C2CCN(C(=O)[C@](C)(NC(=O)c3cc4ccc(Cl)cc4s3)N(C)C)CC2)CC1. The summed E-state index contributed by atoms with van der Waals surface area (Å²) in [5.74, 6) is 1.21. The Balaban J connectivity index is 1.42. The highest BCUT2D eigenvalue weighted by molar-refractivity contribution is 7.20. The van der Waals surface area contributed by atoms with Crippen molar-refractivity contribution in [1.82, 2.24) is 20.0 Å². The van der Waals surface area contributed by atoms with Gasteiger partial charge in [-0.25, -0.2) is 0 Å². The van der Waals surface area contributed by atoms with Crippen LogP contribution in [0.25, 0.3) is 10.1 Å². The van der Waals surface area contributed by atoms with E-state index in [2.05, 4.69) is 17.3 Å². The Bertz CT molecular complexity index is 1010. The second-order valence-electron chi connectivity index (χ2n) is 9.98. The van der Waals surface area contributed by atoms with Gasteiger partial charge in [0.1, 0.15) is 0 Å². The highest BCUT2D eigenvalue weighted by Crippen LogP contribution is 2.33. The molecule has 180 valence electrons. The first-order chi connectivity index (χ1) is 15.7. The summed E-state index contributed by atoms with van der Waals surface area (Å²) >= 11 is 7.49. The quantitative estimate of drug-likeness (QED) is 0.640. The minimum atomic E-state index is -1.11. The zero-order chi connectivity index (χ0) is 23.8. The van der Waals surface area contributed by atoms with Crippen LogP contribution >= 0.6 is 22.9 Å². The number of piperidine rings is 2. The molecule has 0 saturated carbocycles. The minimum absolute atomic E-state index is 0.0353. The smallest absolute Gasteiger partial charge is 0.263 e. The number of carbonyl (C=O) groups is 2. The van der Waals surface area contributed by atoms with Crippen molar-refractivity contribution in [3.63, 3.8) is 0 Å². The molecule has 0 radical (unpaired) electrons. The van der Waals surface area contributed by atoms with E-state index in [1.165, 1.54) is 37.3 Å². The van der Waals surface area contributed by atoms with Crippen LogP contribution in [-0.4, -0.2) is 79.5 Å². The monoisotopic (exact) mass is 490 g/mol. The molecule has 1 aromatic heterocycles. The first kappa shape index (κ1) is 24.5. The van der Waals surface area contributed by atoms with Gasteiger partial charge in [-0.2, -0.15) is 0 Å². The number of likely N-dealkylation sites (N-methyl/N-ethyl adjacent to an activating group) is 1. The van der Waals surface area contributed by atoms with Crippen molar-refractivity contribution in [3.05, 3.63) is 34.2 Å². The van der Waals surface area contributed by atoms with Crippen LogP contribution < -0.4 is 5.32 Å². The minimum Gasteiger partial charge on any atom is -0.339 e. The summed E-state index contributed by atoms with van der Waals surface area (Å²) in [5, 5.41) is 4.65. The Hall–Kier alpha value is -1.67. The summed E-state index contributed by atoms with van der Waals surface area (Å²) in [7, 11) is 5.88. The summed E-state index contributed by atoms with van der Waals surface area (Å²) in [4.78, 5) is 33.5. The van der Waals surface area contributed by atoms with Gasteiger partial charge in [0.25, 0.3) is 11.8 Å². The third kappa shape index (κ3) is 5.21. The summed E-state index contributed by atoms with van der Waals surface area (Å²) in [6.07, 6.45) is 4.63. The standard InChI is InChI=1S/C25H35ClN4O2S/c1-25(28(2)3,27-23(31)22-15-19-5-6-20(26)16-21(19)33-22)24(32)30-13-9-18(10-14-30)17-7-11-29(4)12-8-17/h5-6,15-18H,7-14H2,1-4H3,(H,27,31)/t25-/m1/s1. The van der Waals surface area contributed by atoms with Gasteiger partial charge in [-0.15, -0.1) is 11.3 Å². The molecule has 0 bridgehead atoms. The third-order valence-electron chi connectivity index (χ3n) is 7.63.